The number of hydrogen-bond donors (Lipinski definition) is 2. The van der Waals surface area contributed by atoms with Gasteiger partial charge in [-0.15, -0.1) is 11.3 Å². The number of rotatable bonds is 6. The van der Waals surface area contributed by atoms with Gasteiger partial charge in [0.2, 0.25) is 15.9 Å². The summed E-state index contributed by atoms with van der Waals surface area (Å²) in [6, 6.07) is 2.09. The summed E-state index contributed by atoms with van der Waals surface area (Å²) < 4.78 is 26.7. The van der Waals surface area contributed by atoms with Crippen LogP contribution in [0.25, 0.3) is 0 Å². The van der Waals surface area contributed by atoms with Gasteiger partial charge in [-0.3, -0.25) is 4.79 Å². The third-order valence-corrected chi connectivity index (χ3v) is 6.23. The Kier molecular flexibility index (Phi) is 4.64. The zero-order chi connectivity index (χ0) is 15.6. The van der Waals surface area contributed by atoms with Crippen molar-refractivity contribution in [1.29, 1.82) is 0 Å². The Morgan fingerprint density at radius 3 is 2.76 bits per heavy atom. The van der Waals surface area contributed by atoms with E-state index in [4.69, 9.17) is 5.11 Å². The first-order valence-electron chi connectivity index (χ1n) is 6.43. The van der Waals surface area contributed by atoms with Crippen LogP contribution in [0.2, 0.25) is 0 Å². The molecule has 2 rings (SSSR count). The maximum absolute atomic E-state index is 12.1. The van der Waals surface area contributed by atoms with E-state index in [1.165, 1.54) is 12.1 Å². The number of carboxylic acids is 1. The molecule has 1 atom stereocenters. The summed E-state index contributed by atoms with van der Waals surface area (Å²) >= 11 is 0.703. The van der Waals surface area contributed by atoms with Crippen LogP contribution in [0.15, 0.2) is 16.3 Å². The van der Waals surface area contributed by atoms with Crippen LogP contribution < -0.4 is 4.72 Å². The van der Waals surface area contributed by atoms with Gasteiger partial charge in [-0.2, -0.15) is 0 Å². The molecule has 0 spiro atoms. The van der Waals surface area contributed by atoms with Crippen LogP contribution in [0.4, 0.5) is 0 Å². The van der Waals surface area contributed by atoms with Crippen molar-refractivity contribution in [2.75, 3.05) is 13.1 Å². The number of nitrogens with zero attached hydrogens (tertiary/aromatic N) is 1. The second-order valence-corrected chi connectivity index (χ2v) is 7.91. The summed E-state index contributed by atoms with van der Waals surface area (Å²) in [6.07, 6.45) is 1.30. The van der Waals surface area contributed by atoms with Crippen molar-refractivity contribution in [2.45, 2.75) is 30.0 Å². The molecular formula is C12H16N2O5S2. The van der Waals surface area contributed by atoms with Crippen molar-refractivity contribution in [1.82, 2.24) is 9.62 Å². The van der Waals surface area contributed by atoms with Gasteiger partial charge >= 0.3 is 5.97 Å². The Hall–Kier alpha value is -1.45. The summed E-state index contributed by atoms with van der Waals surface area (Å²) in [7, 11) is -3.76. The molecule has 7 nitrogen and oxygen atoms in total. The summed E-state index contributed by atoms with van der Waals surface area (Å²) in [5, 5.41) is 8.82. The molecule has 1 aromatic rings. The number of hydrogen-bond acceptors (Lipinski definition) is 5. The van der Waals surface area contributed by atoms with E-state index >= 15 is 0 Å². The molecule has 1 aromatic heterocycles. The van der Waals surface area contributed by atoms with Crippen LogP contribution in [-0.2, 0) is 14.8 Å². The van der Waals surface area contributed by atoms with E-state index in [2.05, 4.69) is 4.72 Å². The highest BCUT2D eigenvalue weighted by Crippen LogP contribution is 2.22. The number of carbonyl (C=O) groups excluding carboxylic acids is 1. The SMILES string of the molecule is CC(CN1CCCC1=O)NS(=O)(=O)c1ccc(C(=O)O)s1. The lowest BCUT2D eigenvalue weighted by molar-refractivity contribution is -0.127. The Bertz CT molecular complexity index is 652. The van der Waals surface area contributed by atoms with Crippen molar-refractivity contribution in [3.63, 3.8) is 0 Å². The quantitative estimate of drug-likeness (QED) is 0.799. The minimum Gasteiger partial charge on any atom is -0.477 e. The van der Waals surface area contributed by atoms with Crippen molar-refractivity contribution in [3.05, 3.63) is 17.0 Å². The van der Waals surface area contributed by atoms with E-state index in [0.29, 0.717) is 30.8 Å². The highest BCUT2D eigenvalue weighted by molar-refractivity contribution is 7.91. The van der Waals surface area contributed by atoms with Gasteiger partial charge in [-0.25, -0.2) is 17.9 Å². The number of aromatic carboxylic acids is 1. The third kappa shape index (κ3) is 3.80. The minimum absolute atomic E-state index is 0.0299. The first kappa shape index (κ1) is 15.9. The topological polar surface area (TPSA) is 104 Å². The summed E-state index contributed by atoms with van der Waals surface area (Å²) in [6.45, 7) is 2.64. The van der Waals surface area contributed by atoms with Crippen molar-refractivity contribution in [3.8, 4) is 0 Å². The van der Waals surface area contributed by atoms with Gasteiger partial charge in [0.1, 0.15) is 9.09 Å². The lowest BCUT2D eigenvalue weighted by atomic mass is 10.3. The fraction of sp³-hybridized carbons (Fsp3) is 0.500. The standard InChI is InChI=1S/C12H16N2O5S2/c1-8(7-14-6-2-3-10(14)15)13-21(18,19)11-5-4-9(20-11)12(16)17/h4-5,8,13H,2-3,6-7H2,1H3,(H,16,17). The monoisotopic (exact) mass is 332 g/mol. The number of carbonyl (C=O) groups is 2. The molecule has 0 aromatic carbocycles. The number of sulfonamides is 1. The zero-order valence-electron chi connectivity index (χ0n) is 11.4. The summed E-state index contributed by atoms with van der Waals surface area (Å²) in [4.78, 5) is 23.9. The maximum Gasteiger partial charge on any atom is 0.345 e. The average molecular weight is 332 g/mol. The molecule has 0 aliphatic carbocycles. The normalized spacial score (nSPS) is 17.2. The Morgan fingerprint density at radius 2 is 2.24 bits per heavy atom. The van der Waals surface area contributed by atoms with Gasteiger partial charge in [0.05, 0.1) is 0 Å². The zero-order valence-corrected chi connectivity index (χ0v) is 13.0. The van der Waals surface area contributed by atoms with Gasteiger partial charge in [0, 0.05) is 25.6 Å². The number of carboxylic acid groups (broad SMARTS) is 1. The molecule has 116 valence electrons. The summed E-state index contributed by atoms with van der Waals surface area (Å²) in [5.41, 5.74) is 0. The Balaban J connectivity index is 2.02. The highest BCUT2D eigenvalue weighted by Gasteiger charge is 2.25. The lowest BCUT2D eigenvalue weighted by Crippen LogP contribution is -2.42. The van der Waals surface area contributed by atoms with Crippen LogP contribution >= 0.6 is 11.3 Å². The van der Waals surface area contributed by atoms with E-state index < -0.39 is 22.0 Å². The molecular weight excluding hydrogens is 316 g/mol. The predicted molar refractivity (Wildman–Crippen MR) is 76.9 cm³/mol. The molecule has 0 saturated carbocycles. The summed E-state index contributed by atoms with van der Waals surface area (Å²) in [5.74, 6) is -1.12. The van der Waals surface area contributed by atoms with E-state index in [-0.39, 0.29) is 15.0 Å². The molecule has 0 radical (unpaired) electrons. The van der Waals surface area contributed by atoms with Gasteiger partial charge < -0.3 is 10.0 Å². The van der Waals surface area contributed by atoms with Crippen LogP contribution in [-0.4, -0.2) is 49.4 Å². The minimum atomic E-state index is -3.76. The molecule has 9 heteroatoms. The van der Waals surface area contributed by atoms with Crippen LogP contribution in [0, 0.1) is 0 Å². The Morgan fingerprint density at radius 1 is 1.52 bits per heavy atom. The van der Waals surface area contributed by atoms with Crippen LogP contribution in [0.3, 0.4) is 0 Å². The third-order valence-electron chi connectivity index (χ3n) is 3.08. The molecule has 2 N–H and O–H groups in total. The predicted octanol–water partition coefficient (Wildman–Crippen LogP) is 0.736. The van der Waals surface area contributed by atoms with Gasteiger partial charge in [0.25, 0.3) is 0 Å². The first-order valence-corrected chi connectivity index (χ1v) is 8.73. The van der Waals surface area contributed by atoms with Crippen molar-refractivity contribution >= 4 is 33.2 Å². The lowest BCUT2D eigenvalue weighted by Gasteiger charge is -2.21. The molecule has 1 aliphatic rings. The second kappa shape index (κ2) is 6.12. The first-order chi connectivity index (χ1) is 9.79. The maximum atomic E-state index is 12.1. The van der Waals surface area contributed by atoms with E-state index in [1.54, 1.807) is 11.8 Å². The van der Waals surface area contributed by atoms with Crippen LogP contribution in [0.5, 0.6) is 0 Å². The number of amides is 1. The molecule has 1 fully saturated rings. The fourth-order valence-electron chi connectivity index (χ4n) is 2.17. The molecule has 1 unspecified atom stereocenters. The van der Waals surface area contributed by atoms with Gasteiger partial charge in [-0.1, -0.05) is 0 Å². The molecule has 2 heterocycles. The largest absolute Gasteiger partial charge is 0.477 e. The average Bonchev–Trinajstić information content (AvgIpc) is 2.99. The van der Waals surface area contributed by atoms with Gasteiger partial charge in [0.15, 0.2) is 0 Å². The molecule has 1 amide bonds. The number of nitrogens with one attached hydrogen (secondary N) is 1. The van der Waals surface area contributed by atoms with E-state index in [0.717, 1.165) is 6.42 Å². The van der Waals surface area contributed by atoms with E-state index in [1.807, 2.05) is 0 Å². The van der Waals surface area contributed by atoms with Crippen molar-refractivity contribution in [2.24, 2.45) is 0 Å². The van der Waals surface area contributed by atoms with Gasteiger partial charge in [-0.05, 0) is 25.5 Å². The Labute approximate surface area is 126 Å². The number of likely N-dealkylation sites (tertiary alicyclic amines) is 1. The van der Waals surface area contributed by atoms with Crippen molar-refractivity contribution < 1.29 is 23.1 Å². The smallest absolute Gasteiger partial charge is 0.345 e. The second-order valence-electron chi connectivity index (χ2n) is 4.89. The van der Waals surface area contributed by atoms with E-state index in [9.17, 15) is 18.0 Å². The molecule has 21 heavy (non-hydrogen) atoms. The molecule has 0 bridgehead atoms. The fourth-order valence-corrected chi connectivity index (χ4v) is 4.56. The highest BCUT2D eigenvalue weighted by atomic mass is 32.2. The van der Waals surface area contributed by atoms with Crippen LogP contribution in [0.1, 0.15) is 29.4 Å². The number of thiophene rings is 1. The molecule has 1 aliphatic heterocycles. The molecule has 1 saturated heterocycles.